The first-order valence-corrected chi connectivity index (χ1v) is 8.46. The van der Waals surface area contributed by atoms with E-state index in [9.17, 15) is 8.42 Å². The maximum Gasteiger partial charge on any atom is 0.268 e. The Morgan fingerprint density at radius 1 is 1.38 bits per heavy atom. The van der Waals surface area contributed by atoms with Gasteiger partial charge in [-0.3, -0.25) is 0 Å². The summed E-state index contributed by atoms with van der Waals surface area (Å²) in [6, 6.07) is 1.45. The van der Waals surface area contributed by atoms with Crippen molar-refractivity contribution in [3.05, 3.63) is 28.9 Å². The molecule has 0 radical (unpaired) electrons. The van der Waals surface area contributed by atoms with Gasteiger partial charge in [0, 0.05) is 6.07 Å². The van der Waals surface area contributed by atoms with Gasteiger partial charge < -0.3 is 9.73 Å². The number of hydrogen-bond acceptors (Lipinski definition) is 7. The Labute approximate surface area is 130 Å². The van der Waals surface area contributed by atoms with Crippen LogP contribution in [-0.2, 0) is 16.6 Å². The minimum atomic E-state index is -3.84. The molecule has 2 rings (SSSR count). The zero-order valence-corrected chi connectivity index (χ0v) is 13.6. The number of anilines is 1. The Hall–Kier alpha value is -1.52. The van der Waals surface area contributed by atoms with Crippen molar-refractivity contribution >= 4 is 31.9 Å². The van der Waals surface area contributed by atoms with Crippen LogP contribution in [0.1, 0.15) is 19.1 Å². The van der Waals surface area contributed by atoms with Gasteiger partial charge in [-0.25, -0.2) is 18.1 Å². The van der Waals surface area contributed by atoms with Crippen LogP contribution in [0.25, 0.3) is 0 Å². The zero-order valence-electron chi connectivity index (χ0n) is 11.2. The molecule has 0 aliphatic heterocycles. The smallest absolute Gasteiger partial charge is 0.268 e. The van der Waals surface area contributed by atoms with Crippen molar-refractivity contribution in [3.63, 3.8) is 0 Å². The van der Waals surface area contributed by atoms with E-state index in [0.717, 1.165) is 13.0 Å². The Morgan fingerprint density at radius 3 is 2.86 bits per heavy atom. The van der Waals surface area contributed by atoms with E-state index >= 15 is 0 Å². The van der Waals surface area contributed by atoms with E-state index in [1.807, 2.05) is 6.92 Å². The maximum absolute atomic E-state index is 12.2. The lowest BCUT2D eigenvalue weighted by molar-refractivity contribution is 0.461. The summed E-state index contributed by atoms with van der Waals surface area (Å²) in [5.74, 6) is 0.416. The first-order chi connectivity index (χ1) is 10.0. The number of furan rings is 1. The lowest BCUT2D eigenvalue weighted by Gasteiger charge is -2.03. The molecule has 8 nitrogen and oxygen atoms in total. The molecule has 0 saturated carbocycles. The molecule has 0 aliphatic rings. The molecule has 114 valence electrons. The van der Waals surface area contributed by atoms with Crippen molar-refractivity contribution in [2.75, 3.05) is 11.3 Å². The highest BCUT2D eigenvalue weighted by molar-refractivity contribution is 9.10. The molecule has 2 aromatic rings. The third-order valence-corrected chi connectivity index (χ3v) is 4.62. The van der Waals surface area contributed by atoms with Gasteiger partial charge >= 0.3 is 0 Å². The third kappa shape index (κ3) is 4.22. The van der Waals surface area contributed by atoms with Gasteiger partial charge in [0.2, 0.25) is 0 Å². The van der Waals surface area contributed by atoms with Gasteiger partial charge in [-0.15, -0.1) is 5.10 Å². The number of rotatable bonds is 7. The summed E-state index contributed by atoms with van der Waals surface area (Å²) in [4.78, 5) is 3.75. The number of nitrogens with zero attached hydrogens (tertiary/aromatic N) is 3. The number of aromatic nitrogens is 3. The minimum Gasteiger partial charge on any atom is -0.451 e. The van der Waals surface area contributed by atoms with Crippen LogP contribution in [-0.4, -0.2) is 30.1 Å². The van der Waals surface area contributed by atoms with Gasteiger partial charge in [-0.05, 0) is 28.9 Å². The predicted octanol–water partition coefficient (Wildman–Crippen LogP) is 1.53. The second kappa shape index (κ2) is 6.96. The van der Waals surface area contributed by atoms with Crippen molar-refractivity contribution in [1.29, 1.82) is 0 Å². The topological polar surface area (TPSA) is 110 Å². The van der Waals surface area contributed by atoms with E-state index in [1.54, 1.807) is 0 Å². The SMILES string of the molecule is CCCNCc1cc(S(=O)(=O)Nc2nccnn2)c(Br)o1. The standard InChI is InChI=1S/C11H14BrN5O3S/c1-2-3-13-7-8-6-9(10(12)20-8)21(18,19)17-11-14-4-5-15-16-11/h4-6,13H,2-3,7H2,1H3,(H,14,16,17). The van der Waals surface area contributed by atoms with E-state index in [4.69, 9.17) is 4.42 Å². The molecule has 21 heavy (non-hydrogen) atoms. The highest BCUT2D eigenvalue weighted by atomic mass is 79.9. The van der Waals surface area contributed by atoms with Crippen LogP contribution in [0.2, 0.25) is 0 Å². The van der Waals surface area contributed by atoms with Crippen LogP contribution < -0.4 is 10.0 Å². The number of sulfonamides is 1. The summed E-state index contributed by atoms with van der Waals surface area (Å²) >= 11 is 3.11. The molecule has 0 amide bonds. The van der Waals surface area contributed by atoms with Crippen molar-refractivity contribution in [1.82, 2.24) is 20.5 Å². The average molecular weight is 376 g/mol. The van der Waals surface area contributed by atoms with Crippen LogP contribution in [0.3, 0.4) is 0 Å². The van der Waals surface area contributed by atoms with Crippen LogP contribution in [0.15, 0.2) is 32.4 Å². The summed E-state index contributed by atoms with van der Waals surface area (Å²) in [7, 11) is -3.84. The van der Waals surface area contributed by atoms with Crippen molar-refractivity contribution in [3.8, 4) is 0 Å². The van der Waals surface area contributed by atoms with Gasteiger partial charge in [0.1, 0.15) is 10.7 Å². The highest BCUT2D eigenvalue weighted by Gasteiger charge is 2.23. The molecule has 0 bridgehead atoms. The molecule has 0 aromatic carbocycles. The monoisotopic (exact) mass is 375 g/mol. The molecule has 2 N–H and O–H groups in total. The lowest BCUT2D eigenvalue weighted by atomic mass is 10.4. The Bertz CT molecular complexity index is 689. The first-order valence-electron chi connectivity index (χ1n) is 6.18. The summed E-state index contributed by atoms with van der Waals surface area (Å²) in [5.41, 5.74) is 0. The second-order valence-corrected chi connectivity index (χ2v) is 6.47. The van der Waals surface area contributed by atoms with Crippen LogP contribution in [0.4, 0.5) is 5.95 Å². The minimum absolute atomic E-state index is 0.0109. The third-order valence-electron chi connectivity index (χ3n) is 2.43. The largest absolute Gasteiger partial charge is 0.451 e. The Balaban J connectivity index is 2.16. The van der Waals surface area contributed by atoms with E-state index in [1.165, 1.54) is 18.5 Å². The fourth-order valence-electron chi connectivity index (χ4n) is 1.53. The molecule has 0 unspecified atom stereocenters. The van der Waals surface area contributed by atoms with Gasteiger partial charge in [0.25, 0.3) is 16.0 Å². The molecule has 2 heterocycles. The van der Waals surface area contributed by atoms with Gasteiger partial charge in [0.05, 0.1) is 18.9 Å². The van der Waals surface area contributed by atoms with E-state index in [2.05, 4.69) is 41.2 Å². The molecule has 0 aliphatic carbocycles. The fraction of sp³-hybridized carbons (Fsp3) is 0.364. The molecule has 0 saturated heterocycles. The normalized spacial score (nSPS) is 11.5. The molecule has 0 spiro atoms. The van der Waals surface area contributed by atoms with Crippen molar-refractivity contribution in [2.45, 2.75) is 24.8 Å². The van der Waals surface area contributed by atoms with Crippen molar-refractivity contribution < 1.29 is 12.8 Å². The average Bonchev–Trinajstić information content (AvgIpc) is 2.82. The number of hydrogen-bond donors (Lipinski definition) is 2. The van der Waals surface area contributed by atoms with Gasteiger partial charge in [-0.1, -0.05) is 6.92 Å². The van der Waals surface area contributed by atoms with Crippen LogP contribution >= 0.6 is 15.9 Å². The van der Waals surface area contributed by atoms with Crippen molar-refractivity contribution in [2.24, 2.45) is 0 Å². The summed E-state index contributed by atoms with van der Waals surface area (Å²) in [5, 5.41) is 10.3. The van der Waals surface area contributed by atoms with E-state index < -0.39 is 10.0 Å². The molecule has 0 atom stereocenters. The van der Waals surface area contributed by atoms with Gasteiger partial charge in [-0.2, -0.15) is 5.10 Å². The van der Waals surface area contributed by atoms with Crippen LogP contribution in [0.5, 0.6) is 0 Å². The Kier molecular flexibility index (Phi) is 5.26. The molecule has 2 aromatic heterocycles. The Morgan fingerprint density at radius 2 is 2.19 bits per heavy atom. The summed E-state index contributed by atoms with van der Waals surface area (Å²) in [6.45, 7) is 3.31. The predicted molar refractivity (Wildman–Crippen MR) is 79.0 cm³/mol. The first kappa shape index (κ1) is 15.9. The van der Waals surface area contributed by atoms with E-state index in [0.29, 0.717) is 12.3 Å². The van der Waals surface area contributed by atoms with Gasteiger partial charge in [0.15, 0.2) is 4.67 Å². The summed E-state index contributed by atoms with van der Waals surface area (Å²) in [6.07, 6.45) is 3.67. The fourth-order valence-corrected chi connectivity index (χ4v) is 3.47. The number of halogens is 1. The molecule has 0 fully saturated rings. The summed E-state index contributed by atoms with van der Waals surface area (Å²) < 4.78 is 32.2. The lowest BCUT2D eigenvalue weighted by Crippen LogP contribution is -2.15. The van der Waals surface area contributed by atoms with Crippen LogP contribution in [0, 0.1) is 0 Å². The second-order valence-electron chi connectivity index (χ2n) is 4.10. The zero-order chi connectivity index (χ0) is 15.3. The maximum atomic E-state index is 12.2. The number of nitrogens with one attached hydrogen (secondary N) is 2. The quantitative estimate of drug-likeness (QED) is 0.705. The molecular weight excluding hydrogens is 362 g/mol. The highest BCUT2D eigenvalue weighted by Crippen LogP contribution is 2.27. The molecule has 10 heteroatoms. The van der Waals surface area contributed by atoms with E-state index in [-0.39, 0.29) is 15.5 Å². The molecular formula is C11H14BrN5O3S.